The van der Waals surface area contributed by atoms with Crippen LogP contribution in [0, 0.1) is 5.82 Å². The molecule has 1 fully saturated rings. The summed E-state index contributed by atoms with van der Waals surface area (Å²) < 4.78 is 19.1. The van der Waals surface area contributed by atoms with Crippen LogP contribution in [0.25, 0.3) is 0 Å². The van der Waals surface area contributed by atoms with Gasteiger partial charge in [-0.15, -0.1) is 24.0 Å². The number of guanidine groups is 1. The Morgan fingerprint density at radius 1 is 1.32 bits per heavy atom. The SMILES string of the molecule is COCc1ccccc1NC(N)=N[C@@H]1C[C@H]1c1c(F)cccc1Cl.I. The van der Waals surface area contributed by atoms with Gasteiger partial charge in [0.15, 0.2) is 5.96 Å². The van der Waals surface area contributed by atoms with Gasteiger partial charge in [0, 0.05) is 34.9 Å². The molecule has 2 aromatic rings. The molecule has 0 aliphatic heterocycles. The third kappa shape index (κ3) is 4.83. The van der Waals surface area contributed by atoms with Gasteiger partial charge in [0.25, 0.3) is 0 Å². The summed E-state index contributed by atoms with van der Waals surface area (Å²) in [7, 11) is 1.64. The molecule has 134 valence electrons. The van der Waals surface area contributed by atoms with Crippen molar-refractivity contribution < 1.29 is 9.13 Å². The molecule has 1 aliphatic rings. The van der Waals surface area contributed by atoms with Crippen LogP contribution in [0.2, 0.25) is 5.02 Å². The van der Waals surface area contributed by atoms with Crippen molar-refractivity contribution in [1.82, 2.24) is 0 Å². The van der Waals surface area contributed by atoms with Crippen LogP contribution < -0.4 is 11.1 Å². The second-order valence-corrected chi connectivity index (χ2v) is 6.18. The summed E-state index contributed by atoms with van der Waals surface area (Å²) in [6, 6.07) is 12.4. The zero-order valence-corrected chi connectivity index (χ0v) is 16.8. The average Bonchev–Trinajstić information content (AvgIpc) is 3.28. The Hall–Kier alpha value is -1.38. The molecule has 0 amide bonds. The maximum absolute atomic E-state index is 13.9. The molecule has 3 rings (SSSR count). The molecular weight excluding hydrogens is 456 g/mol. The Morgan fingerprint density at radius 3 is 2.80 bits per heavy atom. The minimum Gasteiger partial charge on any atom is -0.380 e. The monoisotopic (exact) mass is 475 g/mol. The topological polar surface area (TPSA) is 59.6 Å². The Bertz CT molecular complexity index is 751. The van der Waals surface area contributed by atoms with Gasteiger partial charge in [-0.05, 0) is 24.6 Å². The standard InChI is InChI=1S/C18H19ClFN3O.HI/c1-24-10-11-5-2-3-8-15(11)22-18(21)23-16-9-12(16)17-13(19)6-4-7-14(17)20;/h2-8,12,16H,9-10H2,1H3,(H3,21,22,23);1H/t12-,16-;/m1./s1. The Balaban J connectivity index is 0.00000225. The first-order valence-corrected chi connectivity index (χ1v) is 8.09. The first-order chi connectivity index (χ1) is 11.6. The minimum absolute atomic E-state index is 0. The largest absolute Gasteiger partial charge is 0.380 e. The molecule has 2 atom stereocenters. The highest BCUT2D eigenvalue weighted by molar-refractivity contribution is 14.0. The van der Waals surface area contributed by atoms with Crippen molar-refractivity contribution in [3.63, 3.8) is 0 Å². The van der Waals surface area contributed by atoms with E-state index >= 15 is 0 Å². The number of rotatable bonds is 5. The fourth-order valence-electron chi connectivity index (χ4n) is 2.77. The van der Waals surface area contributed by atoms with Crippen LogP contribution in [0.4, 0.5) is 10.1 Å². The first-order valence-electron chi connectivity index (χ1n) is 7.71. The van der Waals surface area contributed by atoms with Gasteiger partial charge in [-0.2, -0.15) is 0 Å². The van der Waals surface area contributed by atoms with Gasteiger partial charge in [-0.3, -0.25) is 0 Å². The van der Waals surface area contributed by atoms with E-state index in [-0.39, 0.29) is 41.8 Å². The van der Waals surface area contributed by atoms with Crippen LogP contribution in [-0.2, 0) is 11.3 Å². The van der Waals surface area contributed by atoms with E-state index in [1.807, 2.05) is 24.3 Å². The lowest BCUT2D eigenvalue weighted by atomic mass is 10.1. The average molecular weight is 476 g/mol. The van der Waals surface area contributed by atoms with Crippen LogP contribution in [-0.4, -0.2) is 19.1 Å². The molecule has 1 saturated carbocycles. The van der Waals surface area contributed by atoms with Crippen molar-refractivity contribution in [2.24, 2.45) is 10.7 Å². The second kappa shape index (κ2) is 8.82. The van der Waals surface area contributed by atoms with Crippen LogP contribution in [0.1, 0.15) is 23.5 Å². The molecule has 25 heavy (non-hydrogen) atoms. The molecule has 0 radical (unpaired) electrons. The number of nitrogens with one attached hydrogen (secondary N) is 1. The summed E-state index contributed by atoms with van der Waals surface area (Å²) in [5.41, 5.74) is 8.37. The summed E-state index contributed by atoms with van der Waals surface area (Å²) in [6.07, 6.45) is 0.739. The third-order valence-electron chi connectivity index (χ3n) is 4.01. The predicted molar refractivity (Wildman–Crippen MR) is 110 cm³/mol. The first kappa shape index (κ1) is 19.9. The van der Waals surface area contributed by atoms with Crippen LogP contribution in [0.15, 0.2) is 47.5 Å². The molecule has 0 spiro atoms. The summed E-state index contributed by atoms with van der Waals surface area (Å²) in [5, 5.41) is 3.53. The van der Waals surface area contributed by atoms with E-state index in [4.69, 9.17) is 22.1 Å². The number of hydrogen-bond donors (Lipinski definition) is 2. The lowest BCUT2D eigenvalue weighted by Crippen LogP contribution is -2.24. The van der Waals surface area contributed by atoms with Gasteiger partial charge < -0.3 is 15.8 Å². The lowest BCUT2D eigenvalue weighted by molar-refractivity contribution is 0.185. The smallest absolute Gasteiger partial charge is 0.193 e. The van der Waals surface area contributed by atoms with E-state index in [0.29, 0.717) is 23.2 Å². The summed E-state index contributed by atoms with van der Waals surface area (Å²) in [6.45, 7) is 0.480. The van der Waals surface area contributed by atoms with Gasteiger partial charge in [0.2, 0.25) is 0 Å². The number of para-hydroxylation sites is 1. The molecule has 0 unspecified atom stereocenters. The van der Waals surface area contributed by atoms with Crippen molar-refractivity contribution in [2.75, 3.05) is 12.4 Å². The Morgan fingerprint density at radius 2 is 2.08 bits per heavy atom. The number of methoxy groups -OCH3 is 1. The minimum atomic E-state index is -0.290. The number of halogens is 3. The van der Waals surface area contributed by atoms with Crippen molar-refractivity contribution >= 4 is 47.2 Å². The fraction of sp³-hybridized carbons (Fsp3) is 0.278. The van der Waals surface area contributed by atoms with Gasteiger partial charge in [0.1, 0.15) is 5.82 Å². The number of hydrogen-bond acceptors (Lipinski definition) is 2. The molecule has 0 aromatic heterocycles. The number of nitrogens with two attached hydrogens (primary N) is 1. The van der Waals surface area contributed by atoms with E-state index in [0.717, 1.165) is 17.7 Å². The maximum Gasteiger partial charge on any atom is 0.193 e. The molecule has 0 bridgehead atoms. The zero-order valence-electron chi connectivity index (χ0n) is 13.7. The van der Waals surface area contributed by atoms with E-state index in [2.05, 4.69) is 10.3 Å². The normalized spacial score (nSPS) is 19.2. The summed E-state index contributed by atoms with van der Waals surface area (Å²) in [5.74, 6) is -0.00560. The van der Waals surface area contributed by atoms with Crippen LogP contribution in [0.5, 0.6) is 0 Å². The zero-order chi connectivity index (χ0) is 17.1. The van der Waals surface area contributed by atoms with E-state index in [1.54, 1.807) is 19.2 Å². The Labute approximate surface area is 168 Å². The highest BCUT2D eigenvalue weighted by Crippen LogP contribution is 2.47. The third-order valence-corrected chi connectivity index (χ3v) is 4.34. The van der Waals surface area contributed by atoms with Gasteiger partial charge in [0.05, 0.1) is 12.6 Å². The summed E-state index contributed by atoms with van der Waals surface area (Å²) >= 11 is 6.10. The van der Waals surface area contributed by atoms with Crippen LogP contribution in [0.3, 0.4) is 0 Å². The molecule has 1 aliphatic carbocycles. The number of benzene rings is 2. The number of anilines is 1. The highest BCUT2D eigenvalue weighted by atomic mass is 127. The molecule has 0 heterocycles. The molecule has 7 heteroatoms. The fourth-order valence-corrected chi connectivity index (χ4v) is 3.08. The van der Waals surface area contributed by atoms with Gasteiger partial charge in [-0.1, -0.05) is 35.9 Å². The molecule has 4 nitrogen and oxygen atoms in total. The lowest BCUT2D eigenvalue weighted by Gasteiger charge is -2.11. The highest BCUT2D eigenvalue weighted by Gasteiger charge is 2.41. The second-order valence-electron chi connectivity index (χ2n) is 5.77. The van der Waals surface area contributed by atoms with Crippen molar-refractivity contribution in [3.05, 3.63) is 64.4 Å². The number of aliphatic imine (C=N–C) groups is 1. The van der Waals surface area contributed by atoms with Gasteiger partial charge >= 0.3 is 0 Å². The van der Waals surface area contributed by atoms with E-state index in [9.17, 15) is 4.39 Å². The van der Waals surface area contributed by atoms with Gasteiger partial charge in [-0.25, -0.2) is 9.38 Å². The van der Waals surface area contributed by atoms with Crippen molar-refractivity contribution in [1.29, 1.82) is 0 Å². The number of ether oxygens (including phenoxy) is 1. The van der Waals surface area contributed by atoms with Crippen molar-refractivity contribution in [3.8, 4) is 0 Å². The molecule has 3 N–H and O–H groups in total. The molecule has 0 saturated heterocycles. The molecular formula is C18H20ClFIN3O. The van der Waals surface area contributed by atoms with E-state index in [1.165, 1.54) is 6.07 Å². The van der Waals surface area contributed by atoms with Crippen LogP contribution >= 0.6 is 35.6 Å². The maximum atomic E-state index is 13.9. The predicted octanol–water partition coefficient (Wildman–Crippen LogP) is 4.53. The molecule has 2 aromatic carbocycles. The number of nitrogens with zero attached hydrogens (tertiary/aromatic N) is 1. The van der Waals surface area contributed by atoms with Crippen molar-refractivity contribution in [2.45, 2.75) is 25.0 Å². The Kier molecular flexibility index (Phi) is 7.04. The quantitative estimate of drug-likeness (QED) is 0.380. The summed E-state index contributed by atoms with van der Waals surface area (Å²) in [4.78, 5) is 4.44. The van der Waals surface area contributed by atoms with E-state index < -0.39 is 0 Å².